The SMILES string of the molecule is Cc1ccc(CN(C(=O)CN(c2cccc(Cl)c2Cl)S(C)(=O)=O)C(Cc2ccccc2)C(=O)NC2CCCC2)cc1. The minimum Gasteiger partial charge on any atom is -0.352 e. The summed E-state index contributed by atoms with van der Waals surface area (Å²) in [5.74, 6) is -0.789. The zero-order chi connectivity index (χ0) is 29.6. The molecule has 4 rings (SSSR count). The highest BCUT2D eigenvalue weighted by Crippen LogP contribution is 2.34. The van der Waals surface area contributed by atoms with Crippen LogP contribution in [-0.4, -0.2) is 50.0 Å². The molecule has 1 N–H and O–H groups in total. The van der Waals surface area contributed by atoms with Crippen molar-refractivity contribution in [1.29, 1.82) is 0 Å². The summed E-state index contributed by atoms with van der Waals surface area (Å²) >= 11 is 12.6. The van der Waals surface area contributed by atoms with Crippen molar-refractivity contribution in [2.24, 2.45) is 0 Å². The summed E-state index contributed by atoms with van der Waals surface area (Å²) in [4.78, 5) is 29.5. The van der Waals surface area contributed by atoms with Gasteiger partial charge in [0.1, 0.15) is 12.6 Å². The van der Waals surface area contributed by atoms with Crippen molar-refractivity contribution in [2.45, 2.75) is 57.7 Å². The van der Waals surface area contributed by atoms with Gasteiger partial charge in [-0.1, -0.05) is 102 Å². The number of halogens is 2. The molecular weight excluding hydrogens is 581 g/mol. The van der Waals surface area contributed by atoms with Gasteiger partial charge in [0.05, 0.1) is 22.0 Å². The van der Waals surface area contributed by atoms with Gasteiger partial charge in [0.25, 0.3) is 0 Å². The molecule has 0 spiro atoms. The Kier molecular flexibility index (Phi) is 10.3. The topological polar surface area (TPSA) is 86.8 Å². The molecule has 1 unspecified atom stereocenters. The molecule has 41 heavy (non-hydrogen) atoms. The van der Waals surface area contributed by atoms with Crippen LogP contribution in [0.3, 0.4) is 0 Å². The van der Waals surface area contributed by atoms with Crippen molar-refractivity contribution >= 4 is 50.7 Å². The molecule has 1 aliphatic carbocycles. The van der Waals surface area contributed by atoms with E-state index in [4.69, 9.17) is 23.2 Å². The molecule has 218 valence electrons. The number of sulfonamides is 1. The maximum Gasteiger partial charge on any atom is 0.244 e. The molecule has 0 aliphatic heterocycles. The monoisotopic (exact) mass is 615 g/mol. The van der Waals surface area contributed by atoms with E-state index >= 15 is 0 Å². The number of amides is 2. The Labute approximate surface area is 252 Å². The summed E-state index contributed by atoms with van der Waals surface area (Å²) < 4.78 is 26.8. The van der Waals surface area contributed by atoms with E-state index in [2.05, 4.69) is 5.32 Å². The van der Waals surface area contributed by atoms with Crippen molar-refractivity contribution in [2.75, 3.05) is 17.1 Å². The average molecular weight is 617 g/mol. The Balaban J connectivity index is 1.74. The maximum atomic E-state index is 14.2. The Morgan fingerprint density at radius 1 is 0.927 bits per heavy atom. The molecule has 10 heteroatoms. The predicted octanol–water partition coefficient (Wildman–Crippen LogP) is 5.77. The lowest BCUT2D eigenvalue weighted by molar-refractivity contribution is -0.140. The second kappa shape index (κ2) is 13.7. The molecule has 1 fully saturated rings. The number of hydrogen-bond donors (Lipinski definition) is 1. The molecule has 2 amide bonds. The van der Waals surface area contributed by atoms with Crippen molar-refractivity contribution in [3.63, 3.8) is 0 Å². The fourth-order valence-corrected chi connectivity index (χ4v) is 6.39. The van der Waals surface area contributed by atoms with Gasteiger partial charge in [-0.25, -0.2) is 8.42 Å². The maximum absolute atomic E-state index is 14.2. The third kappa shape index (κ3) is 8.24. The zero-order valence-corrected chi connectivity index (χ0v) is 25.6. The summed E-state index contributed by atoms with van der Waals surface area (Å²) in [5, 5.41) is 3.35. The Bertz CT molecular complexity index is 1460. The fourth-order valence-electron chi connectivity index (χ4n) is 5.09. The second-order valence-corrected chi connectivity index (χ2v) is 13.2. The second-order valence-electron chi connectivity index (χ2n) is 10.5. The van der Waals surface area contributed by atoms with Gasteiger partial charge in [-0.2, -0.15) is 0 Å². The third-order valence-corrected chi connectivity index (χ3v) is 9.26. The molecule has 1 atom stereocenters. The van der Waals surface area contributed by atoms with Gasteiger partial charge in [0.2, 0.25) is 21.8 Å². The van der Waals surface area contributed by atoms with Crippen LogP contribution in [0.2, 0.25) is 10.0 Å². The first-order valence-electron chi connectivity index (χ1n) is 13.6. The number of nitrogens with zero attached hydrogens (tertiary/aromatic N) is 2. The van der Waals surface area contributed by atoms with Gasteiger partial charge in [0, 0.05) is 19.0 Å². The molecule has 3 aromatic rings. The highest BCUT2D eigenvalue weighted by molar-refractivity contribution is 7.92. The number of benzene rings is 3. The lowest BCUT2D eigenvalue weighted by Crippen LogP contribution is -2.54. The van der Waals surface area contributed by atoms with E-state index < -0.39 is 28.5 Å². The first kappa shape index (κ1) is 30.9. The number of anilines is 1. The van der Waals surface area contributed by atoms with E-state index in [0.717, 1.165) is 52.9 Å². The summed E-state index contributed by atoms with van der Waals surface area (Å²) in [7, 11) is -3.95. The molecule has 0 bridgehead atoms. The van der Waals surface area contributed by atoms with Crippen LogP contribution in [0.15, 0.2) is 72.8 Å². The average Bonchev–Trinajstić information content (AvgIpc) is 3.45. The van der Waals surface area contributed by atoms with Crippen LogP contribution in [0.5, 0.6) is 0 Å². The molecule has 1 aliphatic rings. The largest absolute Gasteiger partial charge is 0.352 e. The van der Waals surface area contributed by atoms with Crippen LogP contribution < -0.4 is 9.62 Å². The summed E-state index contributed by atoms with van der Waals surface area (Å²) in [5.41, 5.74) is 2.87. The minimum absolute atomic E-state index is 0.0253. The van der Waals surface area contributed by atoms with Gasteiger partial charge in [-0.05, 0) is 43.0 Å². The highest BCUT2D eigenvalue weighted by atomic mass is 35.5. The van der Waals surface area contributed by atoms with Crippen molar-refractivity contribution in [3.8, 4) is 0 Å². The van der Waals surface area contributed by atoms with E-state index in [1.54, 1.807) is 12.1 Å². The quantitative estimate of drug-likeness (QED) is 0.297. The molecule has 0 radical (unpaired) electrons. The standard InChI is InChI=1S/C31H35Cl2N3O4S/c1-22-15-17-24(18-16-22)20-35(29(37)21-36(41(2,39)40)27-14-8-13-26(32)30(27)33)28(19-23-9-4-3-5-10-23)31(38)34-25-11-6-7-12-25/h3-5,8-10,13-18,25,28H,6-7,11-12,19-21H2,1-2H3,(H,34,38). The molecule has 0 saturated heterocycles. The summed E-state index contributed by atoms with van der Waals surface area (Å²) in [6, 6.07) is 21.0. The van der Waals surface area contributed by atoms with Crippen LogP contribution >= 0.6 is 23.2 Å². The Hall–Kier alpha value is -3.07. The van der Waals surface area contributed by atoms with Crippen LogP contribution in [0.25, 0.3) is 0 Å². The molecular formula is C31H35Cl2N3O4S. The number of carbonyl (C=O) groups excluding carboxylic acids is 2. The highest BCUT2D eigenvalue weighted by Gasteiger charge is 2.34. The lowest BCUT2D eigenvalue weighted by Gasteiger charge is -2.34. The number of rotatable bonds is 11. The van der Waals surface area contributed by atoms with Crippen molar-refractivity contribution < 1.29 is 18.0 Å². The van der Waals surface area contributed by atoms with E-state index in [1.165, 1.54) is 11.0 Å². The summed E-state index contributed by atoms with van der Waals surface area (Å²) in [6.07, 6.45) is 5.16. The normalized spacial score (nSPS) is 14.4. The first-order valence-corrected chi connectivity index (χ1v) is 16.2. The van der Waals surface area contributed by atoms with Gasteiger partial charge < -0.3 is 10.2 Å². The van der Waals surface area contributed by atoms with Crippen molar-refractivity contribution in [3.05, 3.63) is 99.5 Å². The minimum atomic E-state index is -3.95. The van der Waals surface area contributed by atoms with E-state index in [-0.39, 0.29) is 40.6 Å². The van der Waals surface area contributed by atoms with Gasteiger partial charge >= 0.3 is 0 Å². The van der Waals surface area contributed by atoms with E-state index in [9.17, 15) is 18.0 Å². The number of aryl methyl sites for hydroxylation is 1. The fraction of sp³-hybridized carbons (Fsp3) is 0.355. The number of nitrogens with one attached hydrogen (secondary N) is 1. The smallest absolute Gasteiger partial charge is 0.244 e. The number of carbonyl (C=O) groups is 2. The number of hydrogen-bond acceptors (Lipinski definition) is 4. The molecule has 0 aromatic heterocycles. The van der Waals surface area contributed by atoms with Crippen molar-refractivity contribution in [1.82, 2.24) is 10.2 Å². The van der Waals surface area contributed by atoms with Crippen LogP contribution in [0.1, 0.15) is 42.4 Å². The van der Waals surface area contributed by atoms with Gasteiger partial charge in [-0.3, -0.25) is 13.9 Å². The van der Waals surface area contributed by atoms with Crippen LogP contribution in [-0.2, 0) is 32.6 Å². The van der Waals surface area contributed by atoms with E-state index in [0.29, 0.717) is 0 Å². The van der Waals surface area contributed by atoms with Crippen LogP contribution in [0, 0.1) is 6.92 Å². The lowest BCUT2D eigenvalue weighted by atomic mass is 10.0. The predicted molar refractivity (Wildman–Crippen MR) is 165 cm³/mol. The molecule has 1 saturated carbocycles. The van der Waals surface area contributed by atoms with Crippen LogP contribution in [0.4, 0.5) is 5.69 Å². The summed E-state index contributed by atoms with van der Waals surface area (Å²) in [6.45, 7) is 1.54. The zero-order valence-electron chi connectivity index (χ0n) is 23.2. The van der Waals surface area contributed by atoms with Gasteiger partial charge in [0.15, 0.2) is 0 Å². The molecule has 3 aromatic carbocycles. The first-order chi connectivity index (χ1) is 19.5. The Morgan fingerprint density at radius 2 is 1.59 bits per heavy atom. The molecule has 7 nitrogen and oxygen atoms in total. The van der Waals surface area contributed by atoms with Gasteiger partial charge in [-0.15, -0.1) is 0 Å². The Morgan fingerprint density at radius 3 is 2.22 bits per heavy atom. The van der Waals surface area contributed by atoms with E-state index in [1.807, 2.05) is 61.5 Å². The molecule has 0 heterocycles. The third-order valence-electron chi connectivity index (χ3n) is 7.33.